The molecule has 4 aliphatic rings. The van der Waals surface area contributed by atoms with Crippen molar-refractivity contribution in [1.82, 2.24) is 0 Å². The van der Waals surface area contributed by atoms with Gasteiger partial charge in [0.25, 0.3) is 0 Å². The number of hydrogen-bond donors (Lipinski definition) is 1. The summed E-state index contributed by atoms with van der Waals surface area (Å²) in [5.41, 5.74) is -1.42. The molecule has 4 nitrogen and oxygen atoms in total. The fourth-order valence-electron chi connectivity index (χ4n) is 8.83. The van der Waals surface area contributed by atoms with E-state index in [1.54, 1.807) is 0 Å². The molecule has 5 rings (SSSR count). The monoisotopic (exact) mass is 434 g/mol. The molecule has 7 atom stereocenters. The lowest BCUT2D eigenvalue weighted by Crippen LogP contribution is -2.64. The van der Waals surface area contributed by atoms with Crippen molar-refractivity contribution in [2.24, 2.45) is 45.8 Å². The highest BCUT2D eigenvalue weighted by molar-refractivity contribution is 6.01. The molecular weight excluding hydrogens is 400 g/mol. The molecule has 3 saturated carbocycles. The van der Waals surface area contributed by atoms with Gasteiger partial charge < -0.3 is 9.90 Å². The summed E-state index contributed by atoms with van der Waals surface area (Å²) >= 11 is 0. The van der Waals surface area contributed by atoms with Gasteiger partial charge in [0.15, 0.2) is 0 Å². The van der Waals surface area contributed by atoms with Crippen molar-refractivity contribution in [3.8, 4) is 0 Å². The first kappa shape index (κ1) is 21.6. The van der Waals surface area contributed by atoms with Gasteiger partial charge in [-0.05, 0) is 60.8 Å². The number of carboxylic acids is 1. The number of rotatable bonds is 7. The number of carboxylic acid groups (broad SMARTS) is 1. The molecule has 0 saturated heterocycles. The third-order valence-electron chi connectivity index (χ3n) is 9.91. The second-order valence-electron chi connectivity index (χ2n) is 11.2. The zero-order valence-electron chi connectivity index (χ0n) is 19.3. The smallest absolute Gasteiger partial charge is 0.315 e. The van der Waals surface area contributed by atoms with Crippen molar-refractivity contribution in [2.75, 3.05) is 0 Å². The Balaban J connectivity index is 1.67. The zero-order chi connectivity index (χ0) is 22.9. The highest BCUT2D eigenvalue weighted by Gasteiger charge is 2.85. The van der Waals surface area contributed by atoms with Gasteiger partial charge in [-0.2, -0.15) is 0 Å². The molecule has 4 heteroatoms. The lowest BCUT2D eigenvalue weighted by atomic mass is 9.42. The van der Waals surface area contributed by atoms with Crippen LogP contribution in [0.5, 0.6) is 0 Å². The minimum atomic E-state index is -1.39. The van der Waals surface area contributed by atoms with E-state index in [1.165, 1.54) is 0 Å². The molecular formula is C28H34O4. The van der Waals surface area contributed by atoms with Crippen molar-refractivity contribution in [2.45, 2.75) is 59.3 Å². The van der Waals surface area contributed by atoms with E-state index >= 15 is 0 Å². The van der Waals surface area contributed by atoms with Crippen LogP contribution in [0.25, 0.3) is 0 Å². The molecule has 4 bridgehead atoms. The quantitative estimate of drug-likeness (QED) is 0.478. The number of fused-ring (bicyclic) bond motifs is 2. The summed E-state index contributed by atoms with van der Waals surface area (Å²) in [6.45, 7) is 6.26. The third kappa shape index (κ3) is 2.31. The Bertz CT molecular complexity index is 994. The Morgan fingerprint density at radius 3 is 2.50 bits per heavy atom. The van der Waals surface area contributed by atoms with E-state index in [0.29, 0.717) is 31.6 Å². The summed E-state index contributed by atoms with van der Waals surface area (Å²) < 4.78 is 0. The van der Waals surface area contributed by atoms with Crippen molar-refractivity contribution in [1.29, 1.82) is 0 Å². The molecule has 1 aromatic rings. The normalized spacial score (nSPS) is 41.4. The first-order valence-corrected chi connectivity index (χ1v) is 12.3. The topological polar surface area (TPSA) is 71.4 Å². The molecule has 1 aromatic carbocycles. The molecule has 3 unspecified atom stereocenters. The van der Waals surface area contributed by atoms with E-state index in [1.807, 2.05) is 44.2 Å². The van der Waals surface area contributed by atoms with Crippen molar-refractivity contribution < 1.29 is 19.5 Å². The number of hydrogen-bond acceptors (Lipinski definition) is 3. The Labute approximate surface area is 190 Å². The number of aryl methyl sites for hydroxylation is 1. The van der Waals surface area contributed by atoms with E-state index in [4.69, 9.17) is 0 Å². The van der Waals surface area contributed by atoms with E-state index in [-0.39, 0.29) is 29.5 Å². The number of carbonyl (C=O) groups is 3. The summed E-state index contributed by atoms with van der Waals surface area (Å²) in [4.78, 5) is 40.6. The maximum absolute atomic E-state index is 14.2. The molecule has 0 radical (unpaired) electrons. The van der Waals surface area contributed by atoms with Gasteiger partial charge >= 0.3 is 5.97 Å². The summed E-state index contributed by atoms with van der Waals surface area (Å²) in [5, 5.41) is 10.9. The first-order chi connectivity index (χ1) is 15.3. The maximum Gasteiger partial charge on any atom is 0.315 e. The summed E-state index contributed by atoms with van der Waals surface area (Å²) in [6.07, 6.45) is 7.08. The standard InChI is InChI=1S/C28H34O4/c1-17(2)23-13-20-14-26(16-29)22-11-9-18(3)21(22)15-27(20,28(23,26)25(31)32)24(30)12-10-19-7-5-4-6-8-19/h4-8,13,16-18,20-22H,9-12,14-15H2,1-3H3,(H,31,32)/t18-,20?,21-,22-,26?,27?,28+/m1/s1. The predicted molar refractivity (Wildman–Crippen MR) is 122 cm³/mol. The zero-order valence-corrected chi connectivity index (χ0v) is 19.3. The van der Waals surface area contributed by atoms with Gasteiger partial charge in [-0.1, -0.05) is 69.2 Å². The number of carbonyl (C=O) groups excluding carboxylic acids is 2. The van der Waals surface area contributed by atoms with Crippen LogP contribution >= 0.6 is 0 Å². The fraction of sp³-hybridized carbons (Fsp3) is 0.607. The molecule has 0 heterocycles. The second kappa shape index (κ2) is 7.13. The predicted octanol–water partition coefficient (Wildman–Crippen LogP) is 5.11. The van der Waals surface area contributed by atoms with Gasteiger partial charge in [0.2, 0.25) is 0 Å². The lowest BCUT2D eigenvalue weighted by Gasteiger charge is -2.57. The summed E-state index contributed by atoms with van der Waals surface area (Å²) in [7, 11) is 0. The minimum absolute atomic E-state index is 0.00704. The van der Waals surface area contributed by atoms with Crippen LogP contribution in [0.4, 0.5) is 0 Å². The highest BCUT2D eigenvalue weighted by atomic mass is 16.4. The Morgan fingerprint density at radius 1 is 1.16 bits per heavy atom. The van der Waals surface area contributed by atoms with E-state index < -0.39 is 22.2 Å². The minimum Gasteiger partial charge on any atom is -0.481 e. The summed E-state index contributed by atoms with van der Waals surface area (Å²) in [6, 6.07) is 9.94. The second-order valence-corrected chi connectivity index (χ2v) is 11.2. The summed E-state index contributed by atoms with van der Waals surface area (Å²) in [5.74, 6) is -0.314. The Morgan fingerprint density at radius 2 is 1.88 bits per heavy atom. The highest BCUT2D eigenvalue weighted by Crippen LogP contribution is 2.82. The van der Waals surface area contributed by atoms with E-state index in [0.717, 1.165) is 30.3 Å². The van der Waals surface area contributed by atoms with Crippen LogP contribution in [0, 0.1) is 45.8 Å². The van der Waals surface area contributed by atoms with Gasteiger partial charge in [-0.3, -0.25) is 9.59 Å². The number of benzene rings is 1. The van der Waals surface area contributed by atoms with Crippen LogP contribution in [-0.2, 0) is 20.8 Å². The van der Waals surface area contributed by atoms with Crippen LogP contribution in [0.3, 0.4) is 0 Å². The van der Waals surface area contributed by atoms with Crippen molar-refractivity contribution >= 4 is 18.0 Å². The van der Waals surface area contributed by atoms with Gasteiger partial charge in [0.1, 0.15) is 17.5 Å². The molecule has 4 aliphatic carbocycles. The van der Waals surface area contributed by atoms with Crippen LogP contribution in [0.1, 0.15) is 58.4 Å². The van der Waals surface area contributed by atoms with Gasteiger partial charge in [0.05, 0.1) is 10.8 Å². The lowest BCUT2D eigenvalue weighted by molar-refractivity contribution is -0.183. The Kier molecular flexibility index (Phi) is 4.82. The molecule has 0 aromatic heterocycles. The molecule has 0 spiro atoms. The van der Waals surface area contributed by atoms with Crippen molar-refractivity contribution in [3.63, 3.8) is 0 Å². The SMILES string of the molecule is CC(C)C1=CC2CC3(C=O)[C@@H]4CC[C@@H](C)[C@H]4CC2(C(=O)CCc2ccccc2)[C@]13C(=O)O. The van der Waals surface area contributed by atoms with Gasteiger partial charge in [-0.25, -0.2) is 0 Å². The molecule has 3 fully saturated rings. The van der Waals surface area contributed by atoms with Crippen LogP contribution in [-0.4, -0.2) is 23.1 Å². The maximum atomic E-state index is 14.2. The van der Waals surface area contributed by atoms with Gasteiger partial charge in [0, 0.05) is 6.42 Å². The molecule has 0 amide bonds. The van der Waals surface area contributed by atoms with Crippen molar-refractivity contribution in [3.05, 3.63) is 47.5 Å². The average Bonchev–Trinajstić information content (AvgIpc) is 3.36. The number of aldehydes is 1. The van der Waals surface area contributed by atoms with Crippen LogP contribution in [0.15, 0.2) is 42.0 Å². The number of ketones is 1. The Hall–Kier alpha value is -2.23. The molecule has 170 valence electrons. The number of Topliss-reactive ketones (excluding diaryl/α,β-unsaturated/α-hetero) is 1. The van der Waals surface area contributed by atoms with Crippen LogP contribution < -0.4 is 0 Å². The molecule has 32 heavy (non-hydrogen) atoms. The number of aliphatic carboxylic acids is 1. The third-order valence-corrected chi connectivity index (χ3v) is 9.91. The largest absolute Gasteiger partial charge is 0.481 e. The number of allylic oxidation sites excluding steroid dienone is 1. The van der Waals surface area contributed by atoms with Crippen LogP contribution in [0.2, 0.25) is 0 Å². The molecule has 1 N–H and O–H groups in total. The van der Waals surface area contributed by atoms with Gasteiger partial charge in [-0.15, -0.1) is 0 Å². The molecule has 0 aliphatic heterocycles. The van der Waals surface area contributed by atoms with E-state index in [2.05, 4.69) is 13.0 Å². The first-order valence-electron chi connectivity index (χ1n) is 12.3. The van der Waals surface area contributed by atoms with E-state index in [9.17, 15) is 19.5 Å². The fourth-order valence-corrected chi connectivity index (χ4v) is 8.83. The average molecular weight is 435 g/mol.